The summed E-state index contributed by atoms with van der Waals surface area (Å²) in [5, 5.41) is 0.879. The number of epoxide rings is 1. The Labute approximate surface area is 97.4 Å². The SMILES string of the molecule is Cn1c(=O)ccc2ccc(F)c(CC3CO3)c21. The van der Waals surface area contributed by atoms with E-state index in [9.17, 15) is 9.18 Å². The van der Waals surface area contributed by atoms with Gasteiger partial charge in [-0.1, -0.05) is 0 Å². The smallest absolute Gasteiger partial charge is 0.250 e. The van der Waals surface area contributed by atoms with E-state index in [2.05, 4.69) is 0 Å². The summed E-state index contributed by atoms with van der Waals surface area (Å²) in [5.41, 5.74) is 1.12. The number of fused-ring (bicyclic) bond motifs is 1. The van der Waals surface area contributed by atoms with Crippen molar-refractivity contribution in [2.45, 2.75) is 12.5 Å². The second-order valence-corrected chi connectivity index (χ2v) is 4.35. The zero-order valence-electron chi connectivity index (χ0n) is 9.44. The highest BCUT2D eigenvalue weighted by Gasteiger charge is 2.25. The van der Waals surface area contributed by atoms with E-state index in [1.807, 2.05) is 0 Å². The maximum atomic E-state index is 13.8. The molecule has 0 bridgehead atoms. The van der Waals surface area contributed by atoms with Crippen molar-refractivity contribution in [1.29, 1.82) is 0 Å². The summed E-state index contributed by atoms with van der Waals surface area (Å²) in [4.78, 5) is 11.6. The Morgan fingerprint density at radius 1 is 1.41 bits per heavy atom. The zero-order valence-corrected chi connectivity index (χ0v) is 9.44. The number of halogens is 1. The molecule has 17 heavy (non-hydrogen) atoms. The lowest BCUT2D eigenvalue weighted by molar-refractivity contribution is 0.405. The summed E-state index contributed by atoms with van der Waals surface area (Å²) in [5.74, 6) is -0.269. The molecular weight excluding hydrogens is 221 g/mol. The molecule has 88 valence electrons. The van der Waals surface area contributed by atoms with Crippen molar-refractivity contribution in [3.8, 4) is 0 Å². The number of nitrogens with zero attached hydrogens (tertiary/aromatic N) is 1. The molecule has 1 unspecified atom stereocenters. The van der Waals surface area contributed by atoms with Gasteiger partial charge in [0.05, 0.1) is 18.2 Å². The number of rotatable bonds is 2. The average Bonchev–Trinajstić information content (AvgIpc) is 3.11. The van der Waals surface area contributed by atoms with E-state index in [4.69, 9.17) is 4.74 Å². The van der Waals surface area contributed by atoms with Crippen LogP contribution in [0.5, 0.6) is 0 Å². The molecule has 3 nitrogen and oxygen atoms in total. The fourth-order valence-corrected chi connectivity index (χ4v) is 2.15. The fourth-order valence-electron chi connectivity index (χ4n) is 2.15. The average molecular weight is 233 g/mol. The van der Waals surface area contributed by atoms with Gasteiger partial charge in [0.2, 0.25) is 0 Å². The molecule has 1 aromatic heterocycles. The third-order valence-electron chi connectivity index (χ3n) is 3.16. The highest BCUT2D eigenvalue weighted by molar-refractivity contribution is 5.82. The van der Waals surface area contributed by atoms with Gasteiger partial charge in [0.25, 0.3) is 5.56 Å². The minimum Gasteiger partial charge on any atom is -0.373 e. The van der Waals surface area contributed by atoms with Crippen LogP contribution in [0, 0.1) is 5.82 Å². The van der Waals surface area contributed by atoms with Crippen LogP contribution in [0.15, 0.2) is 29.1 Å². The van der Waals surface area contributed by atoms with Crippen LogP contribution in [-0.2, 0) is 18.2 Å². The lowest BCUT2D eigenvalue weighted by atomic mass is 10.0. The van der Waals surface area contributed by atoms with Gasteiger partial charge in [-0.15, -0.1) is 0 Å². The number of pyridine rings is 1. The van der Waals surface area contributed by atoms with Crippen LogP contribution in [0.2, 0.25) is 0 Å². The Balaban J connectivity index is 2.31. The van der Waals surface area contributed by atoms with Gasteiger partial charge in [-0.05, 0) is 23.6 Å². The quantitative estimate of drug-likeness (QED) is 0.739. The maximum absolute atomic E-state index is 13.8. The molecule has 0 saturated carbocycles. The van der Waals surface area contributed by atoms with Crippen molar-refractivity contribution < 1.29 is 9.13 Å². The highest BCUT2D eigenvalue weighted by Crippen LogP contribution is 2.25. The topological polar surface area (TPSA) is 34.5 Å². The molecule has 0 spiro atoms. The van der Waals surface area contributed by atoms with Crippen LogP contribution in [0.3, 0.4) is 0 Å². The third-order valence-corrected chi connectivity index (χ3v) is 3.16. The Bertz CT molecular complexity index is 644. The lowest BCUT2D eigenvalue weighted by Crippen LogP contribution is -2.17. The lowest BCUT2D eigenvalue weighted by Gasteiger charge is -2.10. The standard InChI is InChI=1S/C13H12FNO2/c1-15-12(16)5-3-8-2-4-11(14)10(13(8)15)6-9-7-17-9/h2-5,9H,6-7H2,1H3. The number of ether oxygens (including phenoxy) is 1. The third kappa shape index (κ3) is 1.74. The van der Waals surface area contributed by atoms with Gasteiger partial charge in [-0.25, -0.2) is 4.39 Å². The Hall–Kier alpha value is -1.68. The van der Waals surface area contributed by atoms with Gasteiger partial charge >= 0.3 is 0 Å². The van der Waals surface area contributed by atoms with Gasteiger partial charge in [0.15, 0.2) is 0 Å². The van der Waals surface area contributed by atoms with Crippen LogP contribution in [0.1, 0.15) is 5.56 Å². The molecule has 1 aliphatic heterocycles. The van der Waals surface area contributed by atoms with Crippen molar-refractivity contribution >= 4 is 10.9 Å². The summed E-state index contributed by atoms with van der Waals surface area (Å²) in [6.07, 6.45) is 0.630. The monoisotopic (exact) mass is 233 g/mol. The first-order valence-electron chi connectivity index (χ1n) is 5.55. The predicted molar refractivity (Wildman–Crippen MR) is 62.6 cm³/mol. The number of hydrogen-bond donors (Lipinski definition) is 0. The molecule has 1 aliphatic rings. The summed E-state index contributed by atoms with van der Waals surface area (Å²) in [6.45, 7) is 0.677. The Morgan fingerprint density at radius 3 is 2.82 bits per heavy atom. The van der Waals surface area contributed by atoms with E-state index in [0.717, 1.165) is 5.39 Å². The van der Waals surface area contributed by atoms with Gasteiger partial charge in [0.1, 0.15) is 5.82 Å². The first-order chi connectivity index (χ1) is 8.16. The molecule has 4 heteroatoms. The second kappa shape index (κ2) is 3.67. The summed E-state index contributed by atoms with van der Waals surface area (Å²) in [6, 6.07) is 6.37. The summed E-state index contributed by atoms with van der Waals surface area (Å²) < 4.78 is 20.5. The van der Waals surface area contributed by atoms with Crippen molar-refractivity contribution in [2.24, 2.45) is 7.05 Å². The van der Waals surface area contributed by atoms with E-state index in [1.165, 1.54) is 16.7 Å². The van der Waals surface area contributed by atoms with E-state index >= 15 is 0 Å². The van der Waals surface area contributed by atoms with Crippen molar-refractivity contribution in [3.63, 3.8) is 0 Å². The molecule has 1 saturated heterocycles. The molecule has 1 fully saturated rings. The minimum atomic E-state index is -0.269. The van der Waals surface area contributed by atoms with Crippen LogP contribution in [0.4, 0.5) is 4.39 Å². The molecular formula is C13H12FNO2. The summed E-state index contributed by atoms with van der Waals surface area (Å²) in [7, 11) is 1.67. The Morgan fingerprint density at radius 2 is 2.12 bits per heavy atom. The molecule has 2 aromatic rings. The predicted octanol–water partition coefficient (Wildman–Crippen LogP) is 1.62. The number of hydrogen-bond acceptors (Lipinski definition) is 2. The molecule has 3 rings (SSSR count). The number of aryl methyl sites for hydroxylation is 1. The minimum absolute atomic E-state index is 0.102. The highest BCUT2D eigenvalue weighted by atomic mass is 19.1. The molecule has 0 N–H and O–H groups in total. The van der Waals surface area contributed by atoms with Gasteiger partial charge < -0.3 is 9.30 Å². The number of benzene rings is 1. The summed E-state index contributed by atoms with van der Waals surface area (Å²) >= 11 is 0. The molecule has 0 amide bonds. The van der Waals surface area contributed by atoms with E-state index in [0.29, 0.717) is 24.1 Å². The van der Waals surface area contributed by atoms with Gasteiger partial charge in [0, 0.05) is 25.1 Å². The van der Waals surface area contributed by atoms with Gasteiger partial charge in [-0.2, -0.15) is 0 Å². The molecule has 1 atom stereocenters. The van der Waals surface area contributed by atoms with Crippen molar-refractivity contribution in [1.82, 2.24) is 4.57 Å². The van der Waals surface area contributed by atoms with Crippen LogP contribution in [0.25, 0.3) is 10.9 Å². The molecule has 2 heterocycles. The van der Waals surface area contributed by atoms with E-state index < -0.39 is 0 Å². The van der Waals surface area contributed by atoms with Gasteiger partial charge in [-0.3, -0.25) is 4.79 Å². The van der Waals surface area contributed by atoms with Crippen LogP contribution >= 0.6 is 0 Å². The molecule has 0 radical (unpaired) electrons. The van der Waals surface area contributed by atoms with Crippen LogP contribution < -0.4 is 5.56 Å². The van der Waals surface area contributed by atoms with Crippen molar-refractivity contribution in [2.75, 3.05) is 6.61 Å². The first-order valence-corrected chi connectivity index (χ1v) is 5.55. The maximum Gasteiger partial charge on any atom is 0.250 e. The van der Waals surface area contributed by atoms with Crippen molar-refractivity contribution in [3.05, 3.63) is 46.0 Å². The largest absolute Gasteiger partial charge is 0.373 e. The van der Waals surface area contributed by atoms with E-state index in [-0.39, 0.29) is 17.5 Å². The molecule has 1 aromatic carbocycles. The fraction of sp³-hybridized carbons (Fsp3) is 0.308. The normalized spacial score (nSPS) is 18.6. The Kier molecular flexibility index (Phi) is 2.26. The zero-order chi connectivity index (χ0) is 12.0. The first kappa shape index (κ1) is 10.5. The second-order valence-electron chi connectivity index (χ2n) is 4.35. The number of aromatic nitrogens is 1. The van der Waals surface area contributed by atoms with E-state index in [1.54, 1.807) is 19.2 Å². The van der Waals surface area contributed by atoms with Crippen LogP contribution in [-0.4, -0.2) is 17.3 Å². The molecule has 0 aliphatic carbocycles.